The Morgan fingerprint density at radius 2 is 1.64 bits per heavy atom. The van der Waals surface area contributed by atoms with Gasteiger partial charge in [0, 0.05) is 12.0 Å². The van der Waals surface area contributed by atoms with Crippen LogP contribution < -0.4 is 0 Å². The van der Waals surface area contributed by atoms with Crippen LogP contribution in [-0.2, 0) is 9.63 Å². The smallest absolute Gasteiger partial charge is 0.189 e. The fourth-order valence-corrected chi connectivity index (χ4v) is 0.909. The summed E-state index contributed by atoms with van der Waals surface area (Å²) in [6.45, 7) is 1.73. The highest BCUT2D eigenvalue weighted by atomic mass is 35.6. The van der Waals surface area contributed by atoms with Crippen molar-refractivity contribution in [2.45, 2.75) is 19.1 Å². The lowest BCUT2D eigenvalue weighted by atomic mass is 10.0. The molecule has 1 aromatic rings. The Bertz CT molecular complexity index is 239. The fourth-order valence-electron chi connectivity index (χ4n) is 0.909. The van der Waals surface area contributed by atoms with Crippen molar-refractivity contribution in [3.63, 3.8) is 0 Å². The largest absolute Gasteiger partial charge is 0.362 e. The quantitative estimate of drug-likeness (QED) is 0.779. The lowest BCUT2D eigenvalue weighted by molar-refractivity contribution is -0.171. The van der Waals surface area contributed by atoms with Gasteiger partial charge in [0.05, 0.1) is 23.7 Å². The number of halogens is 2. The van der Waals surface area contributed by atoms with Crippen LogP contribution in [0.2, 0.25) is 0 Å². The van der Waals surface area contributed by atoms with E-state index < -0.39 is 5.79 Å². The van der Waals surface area contributed by atoms with E-state index in [1.54, 1.807) is 31.2 Å². The van der Waals surface area contributed by atoms with Gasteiger partial charge in [0.15, 0.2) is 5.79 Å². The van der Waals surface area contributed by atoms with Crippen LogP contribution in [-0.4, -0.2) is 10.2 Å². The molecule has 0 aliphatic heterocycles. The lowest BCUT2D eigenvalue weighted by Crippen LogP contribution is -2.23. The minimum atomic E-state index is -1.67. The molecule has 14 heavy (non-hydrogen) atoms. The topological polar surface area (TPSA) is 49.7 Å². The second-order valence-corrected chi connectivity index (χ2v) is 3.06. The number of rotatable bonds is 2. The molecule has 0 unspecified atom stereocenters. The van der Waals surface area contributed by atoms with Crippen molar-refractivity contribution in [2.24, 2.45) is 0 Å². The van der Waals surface area contributed by atoms with Crippen molar-refractivity contribution in [1.29, 1.82) is 0 Å². The van der Waals surface area contributed by atoms with Gasteiger partial charge in [0.1, 0.15) is 0 Å². The average Bonchev–Trinajstić information content (AvgIpc) is 2.20. The molecule has 0 atom stereocenters. The molecule has 0 fully saturated rings. The highest BCUT2D eigenvalue weighted by Crippen LogP contribution is 2.20. The molecule has 0 spiro atoms. The Hall–Kier alpha value is -0.320. The SMILES string of the molecule is CCC(O)(O)c1ccccc1.ClOCl. The molecule has 5 heteroatoms. The Morgan fingerprint density at radius 1 is 1.21 bits per heavy atom. The summed E-state index contributed by atoms with van der Waals surface area (Å²) in [6, 6.07) is 8.81. The molecule has 0 heterocycles. The van der Waals surface area contributed by atoms with E-state index in [1.807, 2.05) is 6.07 Å². The number of hydrogen-bond acceptors (Lipinski definition) is 3. The van der Waals surface area contributed by atoms with E-state index in [4.69, 9.17) is 0 Å². The van der Waals surface area contributed by atoms with E-state index in [2.05, 4.69) is 27.6 Å². The van der Waals surface area contributed by atoms with E-state index in [1.165, 1.54) is 0 Å². The predicted molar refractivity (Wildman–Crippen MR) is 55.6 cm³/mol. The van der Waals surface area contributed by atoms with Crippen LogP contribution in [0.5, 0.6) is 0 Å². The van der Waals surface area contributed by atoms with Crippen LogP contribution in [0.1, 0.15) is 18.9 Å². The maximum atomic E-state index is 9.35. The molecule has 0 aliphatic rings. The molecule has 80 valence electrons. The number of hydrogen-bond donors (Lipinski definition) is 2. The van der Waals surface area contributed by atoms with Gasteiger partial charge in [-0.15, -0.1) is 0 Å². The van der Waals surface area contributed by atoms with Crippen LogP contribution in [0.4, 0.5) is 0 Å². The van der Waals surface area contributed by atoms with Crippen LogP contribution in [0.25, 0.3) is 0 Å². The van der Waals surface area contributed by atoms with Gasteiger partial charge in [-0.1, -0.05) is 37.3 Å². The third-order valence-corrected chi connectivity index (χ3v) is 1.73. The minimum Gasteiger partial charge on any atom is -0.362 e. The summed E-state index contributed by atoms with van der Waals surface area (Å²) in [5.74, 6) is -1.67. The second kappa shape index (κ2) is 7.04. The molecule has 1 aromatic carbocycles. The van der Waals surface area contributed by atoms with E-state index in [0.29, 0.717) is 12.0 Å². The zero-order chi connectivity index (χ0) is 11.0. The van der Waals surface area contributed by atoms with Gasteiger partial charge in [-0.25, -0.2) is 0 Å². The zero-order valence-corrected chi connectivity index (χ0v) is 9.16. The van der Waals surface area contributed by atoms with Crippen molar-refractivity contribution in [3.8, 4) is 0 Å². The van der Waals surface area contributed by atoms with Gasteiger partial charge in [0.2, 0.25) is 0 Å². The van der Waals surface area contributed by atoms with Gasteiger partial charge in [-0.2, -0.15) is 3.84 Å². The molecule has 0 saturated carbocycles. The van der Waals surface area contributed by atoms with E-state index >= 15 is 0 Å². The lowest BCUT2D eigenvalue weighted by Gasteiger charge is -2.19. The van der Waals surface area contributed by atoms with Crippen LogP contribution >= 0.6 is 23.7 Å². The normalized spacial score (nSPS) is 10.4. The van der Waals surface area contributed by atoms with Gasteiger partial charge in [-0.05, 0) is 0 Å². The molecule has 3 nitrogen and oxygen atoms in total. The number of aliphatic hydroxyl groups is 2. The fraction of sp³-hybridized carbons (Fsp3) is 0.333. The van der Waals surface area contributed by atoms with E-state index in [9.17, 15) is 10.2 Å². The third-order valence-electron chi connectivity index (χ3n) is 1.73. The van der Waals surface area contributed by atoms with Crippen LogP contribution in [0.3, 0.4) is 0 Å². The number of benzene rings is 1. The Balaban J connectivity index is 0.000000500. The highest BCUT2D eigenvalue weighted by molar-refractivity contribution is 6.24. The molecule has 0 saturated heterocycles. The molecule has 0 aliphatic carbocycles. The Labute approximate surface area is 93.2 Å². The standard InChI is InChI=1S/C9H12O2.Cl2O/c1-2-9(10,11)8-6-4-3-5-7-8;1-3-2/h3-7,10-11H,2H2,1H3;. The average molecular weight is 239 g/mol. The van der Waals surface area contributed by atoms with Crippen molar-refractivity contribution < 1.29 is 14.1 Å². The first-order valence-corrected chi connectivity index (χ1v) is 4.59. The Kier molecular flexibility index (Phi) is 6.87. The van der Waals surface area contributed by atoms with Gasteiger partial charge < -0.3 is 10.2 Å². The first-order chi connectivity index (χ1) is 6.58. The first kappa shape index (κ1) is 13.7. The predicted octanol–water partition coefficient (Wildman–Crippen LogP) is 2.54. The maximum absolute atomic E-state index is 9.35. The maximum Gasteiger partial charge on any atom is 0.189 e. The molecule has 0 radical (unpaired) electrons. The van der Waals surface area contributed by atoms with Crippen molar-refractivity contribution in [3.05, 3.63) is 35.9 Å². The molecular weight excluding hydrogens is 227 g/mol. The Morgan fingerprint density at radius 3 is 2.00 bits per heavy atom. The monoisotopic (exact) mass is 238 g/mol. The summed E-state index contributed by atoms with van der Waals surface area (Å²) < 4.78 is 3.19. The summed E-state index contributed by atoms with van der Waals surface area (Å²) in [7, 11) is 0. The van der Waals surface area contributed by atoms with Gasteiger partial charge in [-0.3, -0.25) is 0 Å². The molecule has 0 amide bonds. The minimum absolute atomic E-state index is 0.303. The molecule has 1 rings (SSSR count). The highest BCUT2D eigenvalue weighted by Gasteiger charge is 2.21. The zero-order valence-electron chi connectivity index (χ0n) is 7.65. The summed E-state index contributed by atoms with van der Waals surface area (Å²) in [6.07, 6.45) is 0.303. The van der Waals surface area contributed by atoms with Crippen molar-refractivity contribution in [2.75, 3.05) is 0 Å². The van der Waals surface area contributed by atoms with E-state index in [-0.39, 0.29) is 0 Å². The summed E-state index contributed by atoms with van der Waals surface area (Å²) >= 11 is 8.53. The third kappa shape index (κ3) is 4.79. The summed E-state index contributed by atoms with van der Waals surface area (Å²) in [5, 5.41) is 18.7. The van der Waals surface area contributed by atoms with Crippen LogP contribution in [0.15, 0.2) is 30.3 Å². The van der Waals surface area contributed by atoms with Gasteiger partial charge >= 0.3 is 0 Å². The van der Waals surface area contributed by atoms with Crippen LogP contribution in [0, 0.1) is 0 Å². The molecular formula is C9H12Cl2O3. The first-order valence-electron chi connectivity index (χ1n) is 3.98. The van der Waals surface area contributed by atoms with Crippen molar-refractivity contribution in [1.82, 2.24) is 0 Å². The second-order valence-electron chi connectivity index (χ2n) is 2.59. The summed E-state index contributed by atoms with van der Waals surface area (Å²) in [5.41, 5.74) is 0.544. The van der Waals surface area contributed by atoms with Gasteiger partial charge in [0.25, 0.3) is 0 Å². The molecule has 0 bridgehead atoms. The van der Waals surface area contributed by atoms with Crippen molar-refractivity contribution >= 4 is 23.7 Å². The summed E-state index contributed by atoms with van der Waals surface area (Å²) in [4.78, 5) is 0. The van der Waals surface area contributed by atoms with E-state index in [0.717, 1.165) is 0 Å². The molecule has 0 aromatic heterocycles. The molecule has 2 N–H and O–H groups in total.